The topological polar surface area (TPSA) is 108 Å². The second-order valence-electron chi connectivity index (χ2n) is 8.55. The Morgan fingerprint density at radius 1 is 1.19 bits per heavy atom. The highest BCUT2D eigenvalue weighted by molar-refractivity contribution is 5.82. The van der Waals surface area contributed by atoms with Gasteiger partial charge in [0.15, 0.2) is 5.82 Å². The predicted octanol–water partition coefficient (Wildman–Crippen LogP) is 3.24. The highest BCUT2D eigenvalue weighted by Gasteiger charge is 2.29. The molecule has 3 aromatic heterocycles. The van der Waals surface area contributed by atoms with Crippen LogP contribution in [0.2, 0.25) is 0 Å². The van der Waals surface area contributed by atoms with Crippen LogP contribution in [0.5, 0.6) is 0 Å². The van der Waals surface area contributed by atoms with Crippen LogP contribution in [0.4, 0.5) is 11.8 Å². The van der Waals surface area contributed by atoms with E-state index in [9.17, 15) is 0 Å². The summed E-state index contributed by atoms with van der Waals surface area (Å²) in [6.45, 7) is 10.3. The summed E-state index contributed by atoms with van der Waals surface area (Å²) < 4.78 is 5.26. The third-order valence-corrected chi connectivity index (χ3v) is 5.67. The lowest BCUT2D eigenvalue weighted by Gasteiger charge is -2.42. The van der Waals surface area contributed by atoms with Crippen molar-refractivity contribution in [2.45, 2.75) is 32.9 Å². The third-order valence-electron chi connectivity index (χ3n) is 5.67. The number of fused-ring (bicyclic) bond motifs is 1. The largest absolute Gasteiger partial charge is 0.334 e. The fourth-order valence-electron chi connectivity index (χ4n) is 3.91. The van der Waals surface area contributed by atoms with Crippen molar-refractivity contribution >= 4 is 22.8 Å². The van der Waals surface area contributed by atoms with E-state index in [4.69, 9.17) is 4.52 Å². The van der Waals surface area contributed by atoms with Gasteiger partial charge in [0, 0.05) is 43.5 Å². The van der Waals surface area contributed by atoms with Crippen molar-refractivity contribution in [3.05, 3.63) is 47.9 Å². The van der Waals surface area contributed by atoms with Crippen molar-refractivity contribution in [1.29, 1.82) is 0 Å². The molecule has 31 heavy (non-hydrogen) atoms. The number of aryl methyl sites for hydroxylation is 1. The fraction of sp³-hybridized carbons (Fsp3) is 0.364. The molecule has 3 N–H and O–H groups in total. The van der Waals surface area contributed by atoms with Gasteiger partial charge in [0.25, 0.3) is 5.89 Å². The third kappa shape index (κ3) is 4.14. The van der Waals surface area contributed by atoms with Crippen LogP contribution in [0.3, 0.4) is 0 Å². The van der Waals surface area contributed by atoms with Crippen molar-refractivity contribution in [2.24, 2.45) is 0 Å². The number of H-pyrrole nitrogens is 1. The number of anilines is 2. The van der Waals surface area contributed by atoms with Crippen molar-refractivity contribution in [1.82, 2.24) is 35.3 Å². The van der Waals surface area contributed by atoms with E-state index in [-0.39, 0.29) is 5.54 Å². The van der Waals surface area contributed by atoms with E-state index in [2.05, 4.69) is 66.6 Å². The molecule has 0 saturated carbocycles. The number of hydrogen-bond donors (Lipinski definition) is 3. The van der Waals surface area contributed by atoms with Gasteiger partial charge in [-0.25, -0.2) is 9.97 Å². The minimum Gasteiger partial charge on any atom is -0.334 e. The first-order chi connectivity index (χ1) is 15.0. The van der Waals surface area contributed by atoms with Gasteiger partial charge in [-0.3, -0.25) is 4.90 Å². The molecule has 4 heterocycles. The summed E-state index contributed by atoms with van der Waals surface area (Å²) in [5, 5.41) is 10.6. The quantitative estimate of drug-likeness (QED) is 0.453. The molecular weight excluding hydrogens is 392 g/mol. The van der Waals surface area contributed by atoms with Crippen LogP contribution in [0.25, 0.3) is 22.5 Å². The Kier molecular flexibility index (Phi) is 4.91. The highest BCUT2D eigenvalue weighted by atomic mass is 16.5. The first kappa shape index (κ1) is 19.7. The molecule has 1 aliphatic heterocycles. The molecule has 9 nitrogen and oxygen atoms in total. The van der Waals surface area contributed by atoms with E-state index >= 15 is 0 Å². The average Bonchev–Trinajstić information content (AvgIpc) is 3.34. The smallest absolute Gasteiger partial charge is 0.257 e. The van der Waals surface area contributed by atoms with Gasteiger partial charge in [-0.2, -0.15) is 4.98 Å². The number of rotatable bonds is 5. The zero-order valence-corrected chi connectivity index (χ0v) is 17.9. The Morgan fingerprint density at radius 3 is 2.90 bits per heavy atom. The molecule has 0 amide bonds. The Bertz CT molecular complexity index is 1210. The average molecular weight is 419 g/mol. The molecule has 0 atom stereocenters. The predicted molar refractivity (Wildman–Crippen MR) is 119 cm³/mol. The second kappa shape index (κ2) is 7.75. The van der Waals surface area contributed by atoms with Gasteiger partial charge in [-0.1, -0.05) is 5.16 Å². The van der Waals surface area contributed by atoms with E-state index in [1.54, 1.807) is 6.92 Å². The fourth-order valence-corrected chi connectivity index (χ4v) is 3.91. The van der Waals surface area contributed by atoms with Gasteiger partial charge in [-0.15, -0.1) is 0 Å². The molecule has 1 aromatic carbocycles. The van der Waals surface area contributed by atoms with Crippen LogP contribution in [0, 0.1) is 6.92 Å². The van der Waals surface area contributed by atoms with Gasteiger partial charge in [0.05, 0.1) is 11.0 Å². The Morgan fingerprint density at radius 2 is 2.10 bits per heavy atom. The summed E-state index contributed by atoms with van der Waals surface area (Å²) in [5.41, 5.74) is 3.93. The minimum atomic E-state index is 0.127. The van der Waals surface area contributed by atoms with Gasteiger partial charge in [0.1, 0.15) is 5.82 Å². The second-order valence-corrected chi connectivity index (χ2v) is 8.55. The summed E-state index contributed by atoms with van der Waals surface area (Å²) in [4.78, 5) is 19.2. The first-order valence-electron chi connectivity index (χ1n) is 10.4. The van der Waals surface area contributed by atoms with E-state index < -0.39 is 0 Å². The van der Waals surface area contributed by atoms with Crippen molar-refractivity contribution in [3.63, 3.8) is 0 Å². The van der Waals surface area contributed by atoms with Gasteiger partial charge in [0.2, 0.25) is 5.95 Å². The van der Waals surface area contributed by atoms with Crippen molar-refractivity contribution in [2.75, 3.05) is 25.0 Å². The van der Waals surface area contributed by atoms with E-state index in [0.29, 0.717) is 17.7 Å². The molecule has 0 radical (unpaired) electrons. The summed E-state index contributed by atoms with van der Waals surface area (Å²) in [6.07, 6.45) is 1.84. The first-order valence-corrected chi connectivity index (χ1v) is 10.4. The SMILES string of the molecule is Cc1noc(-c2ccc3nc(Nc4cc(CN5CCNCC5(C)C)ccn4)[nH]c3c2)n1. The maximum atomic E-state index is 5.26. The number of pyridine rings is 1. The van der Waals surface area contributed by atoms with Gasteiger partial charge >= 0.3 is 0 Å². The number of imidazole rings is 1. The highest BCUT2D eigenvalue weighted by Crippen LogP contribution is 2.25. The van der Waals surface area contributed by atoms with Crippen LogP contribution in [-0.2, 0) is 6.54 Å². The molecular formula is C22H26N8O. The standard InChI is InChI=1S/C22H26N8O/c1-14-25-20(31-29-14)16-4-5-17-18(11-16)27-21(26-17)28-19-10-15(6-7-24-19)12-30-9-8-23-13-22(30,2)3/h4-7,10-11,23H,8-9,12-13H2,1-3H3,(H2,24,26,27,28). The monoisotopic (exact) mass is 418 g/mol. The molecule has 0 unspecified atom stereocenters. The summed E-state index contributed by atoms with van der Waals surface area (Å²) >= 11 is 0. The number of aromatic nitrogens is 5. The summed E-state index contributed by atoms with van der Waals surface area (Å²) in [5.74, 6) is 2.50. The Balaban J connectivity index is 1.34. The molecule has 4 aromatic rings. The number of hydrogen-bond acceptors (Lipinski definition) is 8. The number of nitrogens with one attached hydrogen (secondary N) is 3. The molecule has 0 spiro atoms. The number of nitrogens with zero attached hydrogens (tertiary/aromatic N) is 5. The van der Waals surface area contributed by atoms with Crippen LogP contribution in [-0.4, -0.2) is 55.2 Å². The lowest BCUT2D eigenvalue weighted by Crippen LogP contribution is -2.57. The molecule has 160 valence electrons. The zero-order chi connectivity index (χ0) is 21.4. The van der Waals surface area contributed by atoms with E-state index in [1.165, 1.54) is 5.56 Å². The van der Waals surface area contributed by atoms with Crippen LogP contribution in [0.1, 0.15) is 25.2 Å². The normalized spacial score (nSPS) is 16.6. The molecule has 1 fully saturated rings. The molecule has 9 heteroatoms. The maximum Gasteiger partial charge on any atom is 0.257 e. The Labute approximate surface area is 180 Å². The lowest BCUT2D eigenvalue weighted by molar-refractivity contribution is 0.0827. The van der Waals surface area contributed by atoms with Gasteiger partial charge in [-0.05, 0) is 56.7 Å². The number of piperazine rings is 1. The molecule has 0 aliphatic carbocycles. The van der Waals surface area contributed by atoms with Gasteiger partial charge < -0.3 is 20.1 Å². The number of aromatic amines is 1. The van der Waals surface area contributed by atoms with E-state index in [1.807, 2.05) is 24.4 Å². The van der Waals surface area contributed by atoms with Crippen LogP contribution in [0.15, 0.2) is 41.1 Å². The minimum absolute atomic E-state index is 0.127. The maximum absolute atomic E-state index is 5.26. The van der Waals surface area contributed by atoms with Crippen LogP contribution >= 0.6 is 0 Å². The molecule has 5 rings (SSSR count). The molecule has 1 saturated heterocycles. The lowest BCUT2D eigenvalue weighted by atomic mass is 9.99. The van der Waals surface area contributed by atoms with E-state index in [0.717, 1.165) is 48.6 Å². The molecule has 1 aliphatic rings. The van der Waals surface area contributed by atoms with Crippen molar-refractivity contribution in [3.8, 4) is 11.5 Å². The zero-order valence-electron chi connectivity index (χ0n) is 17.9. The summed E-state index contributed by atoms with van der Waals surface area (Å²) in [6, 6.07) is 9.96. The molecule has 0 bridgehead atoms. The summed E-state index contributed by atoms with van der Waals surface area (Å²) in [7, 11) is 0. The number of benzene rings is 1. The Hall–Kier alpha value is -3.30. The van der Waals surface area contributed by atoms with Crippen molar-refractivity contribution < 1.29 is 4.52 Å². The van der Waals surface area contributed by atoms with Crippen LogP contribution < -0.4 is 10.6 Å².